The van der Waals surface area contributed by atoms with Gasteiger partial charge in [-0.25, -0.2) is 0 Å². The molecule has 1 atom stereocenters. The Morgan fingerprint density at radius 3 is 2.75 bits per heavy atom. The number of carbonyl (C=O) groups excluding carboxylic acids is 2. The summed E-state index contributed by atoms with van der Waals surface area (Å²) in [7, 11) is 0. The van der Waals surface area contributed by atoms with Crippen molar-refractivity contribution in [2.24, 2.45) is 5.92 Å². The molecule has 4 nitrogen and oxygen atoms in total. The number of rotatable bonds is 2. The second kappa shape index (κ2) is 3.56. The Kier molecular flexibility index (Phi) is 2.68. The van der Waals surface area contributed by atoms with Gasteiger partial charge in [0.2, 0.25) is 11.8 Å². The molecule has 2 amide bonds. The van der Waals surface area contributed by atoms with Crippen LogP contribution in [0.15, 0.2) is 0 Å². The maximum atomic E-state index is 11.2. The topological polar surface area (TPSA) is 58.2 Å². The maximum Gasteiger partial charge on any atom is 0.242 e. The summed E-state index contributed by atoms with van der Waals surface area (Å²) in [6.45, 7) is 4.28. The van der Waals surface area contributed by atoms with Gasteiger partial charge < -0.3 is 10.6 Å². The van der Waals surface area contributed by atoms with Gasteiger partial charge >= 0.3 is 0 Å². The highest BCUT2D eigenvalue weighted by Gasteiger charge is 2.25. The summed E-state index contributed by atoms with van der Waals surface area (Å²) in [5.74, 6) is -0.181. The Balaban J connectivity index is 2.40. The normalized spacial score (nSPS) is 22.6. The minimum atomic E-state index is -0.306. The summed E-state index contributed by atoms with van der Waals surface area (Å²) in [5.41, 5.74) is 0. The van der Waals surface area contributed by atoms with Crippen LogP contribution in [0.3, 0.4) is 0 Å². The molecular weight excluding hydrogens is 156 g/mol. The molecule has 0 bridgehead atoms. The van der Waals surface area contributed by atoms with Crippen LogP contribution in [0.2, 0.25) is 0 Å². The molecule has 0 unspecified atom stereocenters. The van der Waals surface area contributed by atoms with Crippen LogP contribution >= 0.6 is 0 Å². The van der Waals surface area contributed by atoms with Gasteiger partial charge in [-0.2, -0.15) is 0 Å². The third-order valence-electron chi connectivity index (χ3n) is 1.89. The van der Waals surface area contributed by atoms with Gasteiger partial charge in [0.1, 0.15) is 6.04 Å². The molecule has 68 valence electrons. The van der Waals surface area contributed by atoms with Gasteiger partial charge in [0.05, 0.1) is 0 Å². The van der Waals surface area contributed by atoms with Crippen LogP contribution in [0.25, 0.3) is 0 Å². The molecule has 0 saturated carbocycles. The highest BCUT2D eigenvalue weighted by Crippen LogP contribution is 2.01. The molecule has 1 rings (SSSR count). The van der Waals surface area contributed by atoms with Crippen molar-refractivity contribution in [3.63, 3.8) is 0 Å². The smallest absolute Gasteiger partial charge is 0.242 e. The number of amides is 2. The average molecular weight is 170 g/mol. The summed E-state index contributed by atoms with van der Waals surface area (Å²) >= 11 is 0. The quantitative estimate of drug-likeness (QED) is 0.595. The van der Waals surface area contributed by atoms with E-state index in [4.69, 9.17) is 0 Å². The van der Waals surface area contributed by atoms with Gasteiger partial charge in [-0.05, 0) is 6.42 Å². The summed E-state index contributed by atoms with van der Waals surface area (Å²) in [4.78, 5) is 22.2. The molecule has 4 heteroatoms. The number of hydrogen-bond acceptors (Lipinski definition) is 2. The van der Waals surface area contributed by atoms with Gasteiger partial charge in [-0.15, -0.1) is 0 Å². The second-order valence-corrected chi connectivity index (χ2v) is 3.30. The third kappa shape index (κ3) is 1.96. The fraction of sp³-hybridized carbons (Fsp3) is 0.750. The van der Waals surface area contributed by atoms with Crippen LogP contribution in [0.5, 0.6) is 0 Å². The van der Waals surface area contributed by atoms with Crippen LogP contribution in [0, 0.1) is 5.92 Å². The van der Waals surface area contributed by atoms with E-state index in [-0.39, 0.29) is 23.8 Å². The predicted octanol–water partition coefficient (Wildman–Crippen LogP) is -0.353. The summed E-state index contributed by atoms with van der Waals surface area (Å²) in [5, 5.41) is 5.34. The SMILES string of the molecule is CC(C)C(=O)N[C@H]1CCNC1=O. The van der Waals surface area contributed by atoms with Crippen molar-refractivity contribution < 1.29 is 9.59 Å². The predicted molar refractivity (Wildman–Crippen MR) is 44.4 cm³/mol. The largest absolute Gasteiger partial charge is 0.354 e. The van der Waals surface area contributed by atoms with Gasteiger partial charge in [0.25, 0.3) is 0 Å². The van der Waals surface area contributed by atoms with Crippen LogP contribution < -0.4 is 10.6 Å². The van der Waals surface area contributed by atoms with Crippen molar-refractivity contribution in [3.8, 4) is 0 Å². The van der Waals surface area contributed by atoms with Gasteiger partial charge in [-0.3, -0.25) is 9.59 Å². The zero-order chi connectivity index (χ0) is 9.14. The lowest BCUT2D eigenvalue weighted by molar-refractivity contribution is -0.129. The minimum Gasteiger partial charge on any atom is -0.354 e. The van der Waals surface area contributed by atoms with Gasteiger partial charge in [-0.1, -0.05) is 13.8 Å². The summed E-state index contributed by atoms with van der Waals surface area (Å²) in [6.07, 6.45) is 0.706. The third-order valence-corrected chi connectivity index (χ3v) is 1.89. The van der Waals surface area contributed by atoms with E-state index in [1.165, 1.54) is 0 Å². The maximum absolute atomic E-state index is 11.2. The fourth-order valence-electron chi connectivity index (χ4n) is 1.07. The molecule has 1 heterocycles. The zero-order valence-electron chi connectivity index (χ0n) is 7.39. The average Bonchev–Trinajstić information content (AvgIpc) is 2.36. The fourth-order valence-corrected chi connectivity index (χ4v) is 1.07. The van der Waals surface area contributed by atoms with Crippen molar-refractivity contribution in [3.05, 3.63) is 0 Å². The summed E-state index contributed by atoms with van der Waals surface area (Å²) in [6, 6.07) is -0.306. The van der Waals surface area contributed by atoms with Crippen LogP contribution in [-0.4, -0.2) is 24.4 Å². The molecule has 0 aliphatic carbocycles. The van der Waals surface area contributed by atoms with Crippen LogP contribution in [0.4, 0.5) is 0 Å². The van der Waals surface area contributed by atoms with E-state index >= 15 is 0 Å². The molecule has 0 spiro atoms. The molecule has 1 aliphatic rings. The Hall–Kier alpha value is -1.06. The lowest BCUT2D eigenvalue weighted by Crippen LogP contribution is -2.41. The molecule has 1 fully saturated rings. The zero-order valence-corrected chi connectivity index (χ0v) is 7.39. The number of carbonyl (C=O) groups is 2. The highest BCUT2D eigenvalue weighted by molar-refractivity contribution is 5.89. The molecular formula is C8H14N2O2. The first-order valence-electron chi connectivity index (χ1n) is 4.19. The number of nitrogens with one attached hydrogen (secondary N) is 2. The van der Waals surface area contributed by atoms with E-state index in [2.05, 4.69) is 10.6 Å². The summed E-state index contributed by atoms with van der Waals surface area (Å²) < 4.78 is 0. The number of hydrogen-bond donors (Lipinski definition) is 2. The molecule has 0 aromatic carbocycles. The van der Waals surface area contributed by atoms with Crippen LogP contribution in [0.1, 0.15) is 20.3 Å². The van der Waals surface area contributed by atoms with E-state index in [1.54, 1.807) is 0 Å². The Morgan fingerprint density at radius 2 is 2.33 bits per heavy atom. The standard InChI is InChI=1S/C8H14N2O2/c1-5(2)7(11)10-6-3-4-9-8(6)12/h5-6H,3-4H2,1-2H3,(H,9,12)(H,10,11)/t6-/m0/s1. The van der Waals surface area contributed by atoms with E-state index in [0.717, 1.165) is 0 Å². The van der Waals surface area contributed by atoms with E-state index in [0.29, 0.717) is 13.0 Å². The van der Waals surface area contributed by atoms with Crippen molar-refractivity contribution in [2.75, 3.05) is 6.54 Å². The van der Waals surface area contributed by atoms with Gasteiger partial charge in [0, 0.05) is 12.5 Å². The second-order valence-electron chi connectivity index (χ2n) is 3.30. The molecule has 0 radical (unpaired) electrons. The minimum absolute atomic E-state index is 0.0570. The molecule has 1 aliphatic heterocycles. The van der Waals surface area contributed by atoms with Crippen molar-refractivity contribution in [2.45, 2.75) is 26.3 Å². The van der Waals surface area contributed by atoms with Crippen molar-refractivity contribution in [1.82, 2.24) is 10.6 Å². The Morgan fingerprint density at radius 1 is 1.67 bits per heavy atom. The van der Waals surface area contributed by atoms with Gasteiger partial charge in [0.15, 0.2) is 0 Å². The monoisotopic (exact) mass is 170 g/mol. The first kappa shape index (κ1) is 9.03. The van der Waals surface area contributed by atoms with E-state index < -0.39 is 0 Å². The molecule has 12 heavy (non-hydrogen) atoms. The van der Waals surface area contributed by atoms with Crippen molar-refractivity contribution >= 4 is 11.8 Å². The van der Waals surface area contributed by atoms with Crippen LogP contribution in [-0.2, 0) is 9.59 Å². The molecule has 1 saturated heterocycles. The Labute approximate surface area is 71.7 Å². The highest BCUT2D eigenvalue weighted by atomic mass is 16.2. The Bertz CT molecular complexity index is 201. The molecule has 2 N–H and O–H groups in total. The first-order valence-corrected chi connectivity index (χ1v) is 4.19. The molecule has 0 aromatic rings. The lowest BCUT2D eigenvalue weighted by atomic mass is 10.2. The molecule has 0 aromatic heterocycles. The van der Waals surface area contributed by atoms with E-state index in [1.807, 2.05) is 13.8 Å². The van der Waals surface area contributed by atoms with E-state index in [9.17, 15) is 9.59 Å². The lowest BCUT2D eigenvalue weighted by Gasteiger charge is -2.11. The van der Waals surface area contributed by atoms with Crippen molar-refractivity contribution in [1.29, 1.82) is 0 Å². The first-order chi connectivity index (χ1) is 5.61.